The van der Waals surface area contributed by atoms with Crippen LogP contribution in [0.15, 0.2) is 24.4 Å². The highest BCUT2D eigenvalue weighted by molar-refractivity contribution is 5.76. The monoisotopic (exact) mass is 229 g/mol. The highest BCUT2D eigenvalue weighted by atomic mass is 15.1. The van der Waals surface area contributed by atoms with Crippen LogP contribution >= 0.6 is 0 Å². The van der Waals surface area contributed by atoms with Gasteiger partial charge in [-0.2, -0.15) is 5.10 Å². The number of rotatable bonds is 1. The van der Waals surface area contributed by atoms with Gasteiger partial charge in [0.1, 0.15) is 5.82 Å². The predicted molar refractivity (Wildman–Crippen MR) is 71.9 cm³/mol. The number of nitrogen functional groups attached to an aromatic ring is 1. The number of nitrogens with zero attached hydrogens (tertiary/aromatic N) is 1. The van der Waals surface area contributed by atoms with Gasteiger partial charge < -0.3 is 5.73 Å². The van der Waals surface area contributed by atoms with Crippen molar-refractivity contribution in [3.8, 4) is 11.1 Å². The lowest BCUT2D eigenvalue weighted by molar-refractivity contribution is 0.590. The van der Waals surface area contributed by atoms with E-state index < -0.39 is 0 Å². The fourth-order valence-corrected chi connectivity index (χ4v) is 1.89. The van der Waals surface area contributed by atoms with Gasteiger partial charge in [-0.05, 0) is 29.0 Å². The third kappa shape index (κ3) is 2.18. The van der Waals surface area contributed by atoms with E-state index in [9.17, 15) is 0 Å². The number of H-pyrrole nitrogens is 1. The molecule has 0 fully saturated rings. The van der Waals surface area contributed by atoms with Crippen LogP contribution in [0.25, 0.3) is 11.1 Å². The van der Waals surface area contributed by atoms with E-state index in [0.29, 0.717) is 5.82 Å². The summed E-state index contributed by atoms with van der Waals surface area (Å²) < 4.78 is 0. The molecule has 1 heterocycles. The molecule has 0 amide bonds. The fraction of sp³-hybridized carbons (Fsp3) is 0.357. The maximum atomic E-state index is 5.88. The van der Waals surface area contributed by atoms with Gasteiger partial charge >= 0.3 is 0 Å². The second kappa shape index (κ2) is 3.91. The zero-order valence-electron chi connectivity index (χ0n) is 10.8. The first-order valence-electron chi connectivity index (χ1n) is 5.80. The van der Waals surface area contributed by atoms with Gasteiger partial charge in [-0.15, -0.1) is 0 Å². The van der Waals surface area contributed by atoms with E-state index in [4.69, 9.17) is 5.73 Å². The van der Waals surface area contributed by atoms with Gasteiger partial charge in [0, 0.05) is 5.56 Å². The minimum Gasteiger partial charge on any atom is -0.384 e. The van der Waals surface area contributed by atoms with Crippen molar-refractivity contribution in [1.82, 2.24) is 10.2 Å². The predicted octanol–water partition coefficient (Wildman–Crippen LogP) is 3.26. The maximum absolute atomic E-state index is 5.88. The highest BCUT2D eigenvalue weighted by Crippen LogP contribution is 2.31. The van der Waals surface area contributed by atoms with Crippen LogP contribution in [-0.2, 0) is 5.41 Å². The summed E-state index contributed by atoms with van der Waals surface area (Å²) >= 11 is 0. The van der Waals surface area contributed by atoms with Crippen molar-refractivity contribution in [3.05, 3.63) is 35.5 Å². The van der Waals surface area contributed by atoms with Crippen molar-refractivity contribution in [2.75, 3.05) is 5.73 Å². The number of hydrogen-bond donors (Lipinski definition) is 2. The molecule has 17 heavy (non-hydrogen) atoms. The van der Waals surface area contributed by atoms with Crippen LogP contribution in [0.2, 0.25) is 0 Å². The molecule has 0 saturated carbocycles. The third-order valence-electron chi connectivity index (χ3n) is 3.06. The first-order chi connectivity index (χ1) is 7.89. The minimum absolute atomic E-state index is 0.140. The number of hydrogen-bond acceptors (Lipinski definition) is 2. The summed E-state index contributed by atoms with van der Waals surface area (Å²) in [5, 5.41) is 6.76. The van der Waals surface area contributed by atoms with Gasteiger partial charge in [-0.3, -0.25) is 5.10 Å². The Bertz CT molecular complexity index is 533. The molecular weight excluding hydrogens is 210 g/mol. The zero-order chi connectivity index (χ0) is 12.6. The van der Waals surface area contributed by atoms with Gasteiger partial charge in [0.05, 0.1) is 6.20 Å². The summed E-state index contributed by atoms with van der Waals surface area (Å²) in [5.41, 5.74) is 10.7. The van der Waals surface area contributed by atoms with Crippen LogP contribution in [0, 0.1) is 6.92 Å². The molecule has 0 aliphatic rings. The number of anilines is 1. The summed E-state index contributed by atoms with van der Waals surface area (Å²) in [7, 11) is 0. The first-order valence-corrected chi connectivity index (χ1v) is 5.80. The molecule has 0 bridgehead atoms. The lowest BCUT2D eigenvalue weighted by Crippen LogP contribution is -2.11. The van der Waals surface area contributed by atoms with Gasteiger partial charge in [0.2, 0.25) is 0 Å². The Morgan fingerprint density at radius 3 is 2.41 bits per heavy atom. The Kier molecular flexibility index (Phi) is 2.69. The zero-order valence-corrected chi connectivity index (χ0v) is 10.8. The van der Waals surface area contributed by atoms with Crippen molar-refractivity contribution in [2.24, 2.45) is 0 Å². The van der Waals surface area contributed by atoms with Crippen molar-refractivity contribution in [1.29, 1.82) is 0 Å². The molecule has 0 unspecified atom stereocenters. The van der Waals surface area contributed by atoms with Crippen LogP contribution in [0.4, 0.5) is 5.82 Å². The quantitative estimate of drug-likeness (QED) is 0.788. The van der Waals surface area contributed by atoms with Crippen LogP contribution in [-0.4, -0.2) is 10.2 Å². The summed E-state index contributed by atoms with van der Waals surface area (Å²) in [6, 6.07) is 6.52. The molecule has 2 aromatic rings. The Morgan fingerprint density at radius 2 is 1.88 bits per heavy atom. The lowest BCUT2D eigenvalue weighted by atomic mass is 9.84. The van der Waals surface area contributed by atoms with Crippen LogP contribution in [0.5, 0.6) is 0 Å². The summed E-state index contributed by atoms with van der Waals surface area (Å²) in [6.07, 6.45) is 1.78. The Morgan fingerprint density at radius 1 is 1.18 bits per heavy atom. The molecule has 3 N–H and O–H groups in total. The SMILES string of the molecule is Cc1ccc(C(C)(C)C)cc1-c1cn[nH]c1N. The summed E-state index contributed by atoms with van der Waals surface area (Å²) in [5.74, 6) is 0.624. The molecule has 0 radical (unpaired) electrons. The largest absolute Gasteiger partial charge is 0.384 e. The number of nitrogens with two attached hydrogens (primary N) is 1. The number of aromatic nitrogens is 2. The normalized spacial score (nSPS) is 11.8. The second-order valence-electron chi connectivity index (χ2n) is 5.48. The molecule has 90 valence electrons. The molecule has 0 aliphatic carbocycles. The van der Waals surface area contributed by atoms with Crippen LogP contribution < -0.4 is 5.73 Å². The van der Waals surface area contributed by atoms with Gasteiger partial charge in [0.25, 0.3) is 0 Å². The van der Waals surface area contributed by atoms with Crippen molar-refractivity contribution in [2.45, 2.75) is 33.1 Å². The average molecular weight is 229 g/mol. The van der Waals surface area contributed by atoms with E-state index in [2.05, 4.69) is 56.1 Å². The standard InChI is InChI=1S/C14H19N3/c1-9-5-6-10(14(2,3)4)7-11(9)12-8-16-17-13(12)15/h5-8H,1-4H3,(H3,15,16,17). The van der Waals surface area contributed by atoms with E-state index in [1.54, 1.807) is 6.20 Å². The molecule has 0 spiro atoms. The summed E-state index contributed by atoms with van der Waals surface area (Å²) in [4.78, 5) is 0. The van der Waals surface area contributed by atoms with Crippen molar-refractivity contribution < 1.29 is 0 Å². The van der Waals surface area contributed by atoms with Crippen molar-refractivity contribution >= 4 is 5.82 Å². The lowest BCUT2D eigenvalue weighted by Gasteiger charge is -2.20. The first kappa shape index (κ1) is 11.7. The molecule has 3 heteroatoms. The Hall–Kier alpha value is -1.77. The Labute approximate surface area is 102 Å². The van der Waals surface area contributed by atoms with E-state index in [-0.39, 0.29) is 5.41 Å². The van der Waals surface area contributed by atoms with E-state index >= 15 is 0 Å². The fourth-order valence-electron chi connectivity index (χ4n) is 1.89. The van der Waals surface area contributed by atoms with E-state index in [1.165, 1.54) is 11.1 Å². The molecule has 0 aliphatic heterocycles. The molecule has 1 aromatic heterocycles. The van der Waals surface area contributed by atoms with E-state index in [1.807, 2.05) is 0 Å². The van der Waals surface area contributed by atoms with Gasteiger partial charge in [-0.25, -0.2) is 0 Å². The molecular formula is C14H19N3. The van der Waals surface area contributed by atoms with Crippen molar-refractivity contribution in [3.63, 3.8) is 0 Å². The highest BCUT2D eigenvalue weighted by Gasteiger charge is 2.16. The number of benzene rings is 1. The molecule has 2 rings (SSSR count). The topological polar surface area (TPSA) is 54.7 Å². The molecule has 3 nitrogen and oxygen atoms in total. The number of aromatic amines is 1. The Balaban J connectivity index is 2.58. The second-order valence-corrected chi connectivity index (χ2v) is 5.48. The average Bonchev–Trinajstić information content (AvgIpc) is 2.63. The van der Waals surface area contributed by atoms with Gasteiger partial charge in [0.15, 0.2) is 0 Å². The van der Waals surface area contributed by atoms with Crippen LogP contribution in [0.1, 0.15) is 31.9 Å². The van der Waals surface area contributed by atoms with E-state index in [0.717, 1.165) is 11.1 Å². The van der Waals surface area contributed by atoms with Gasteiger partial charge in [-0.1, -0.05) is 39.0 Å². The third-order valence-corrected chi connectivity index (χ3v) is 3.06. The molecule has 0 atom stereocenters. The number of nitrogens with one attached hydrogen (secondary N) is 1. The smallest absolute Gasteiger partial charge is 0.126 e. The minimum atomic E-state index is 0.140. The van der Waals surface area contributed by atoms with Crippen LogP contribution in [0.3, 0.4) is 0 Å². The molecule has 0 saturated heterocycles. The summed E-state index contributed by atoms with van der Waals surface area (Å²) in [6.45, 7) is 8.72. The molecule has 1 aromatic carbocycles. The number of aryl methyl sites for hydroxylation is 1. The maximum Gasteiger partial charge on any atom is 0.126 e.